The number of carbonyl (C=O) groups is 2. The Kier molecular flexibility index (Phi) is 6.22. The number of carboxylic acids is 1. The minimum absolute atomic E-state index is 0.147. The topological polar surface area (TPSA) is 83.0 Å². The van der Waals surface area contributed by atoms with E-state index in [1.165, 1.54) is 21.8 Å². The summed E-state index contributed by atoms with van der Waals surface area (Å²) in [5.41, 5.74) is 2.98. The van der Waals surface area contributed by atoms with Crippen LogP contribution in [-0.4, -0.2) is 70.7 Å². The van der Waals surface area contributed by atoms with Crippen LogP contribution in [0, 0.1) is 0 Å². The zero-order valence-electron chi connectivity index (χ0n) is 16.2. The summed E-state index contributed by atoms with van der Waals surface area (Å²) in [6.07, 6.45) is 1.41. The van der Waals surface area contributed by atoms with E-state index < -0.39 is 12.0 Å². The molecular weight excluding hydrogens is 390 g/mol. The number of aliphatic carboxylic acids is 1. The number of likely N-dealkylation sites (tertiary alicyclic amines) is 1. The molecule has 0 saturated carbocycles. The van der Waals surface area contributed by atoms with Crippen molar-refractivity contribution in [3.8, 4) is 10.6 Å². The second kappa shape index (κ2) is 9.02. The Balaban J connectivity index is 1.41. The average molecular weight is 416 g/mol. The van der Waals surface area contributed by atoms with Crippen molar-refractivity contribution in [2.45, 2.75) is 31.8 Å². The molecule has 1 amide bonds. The Hall–Kier alpha value is -2.29. The van der Waals surface area contributed by atoms with Crippen molar-refractivity contribution >= 4 is 23.2 Å². The Morgan fingerprint density at radius 1 is 1.24 bits per heavy atom. The number of carbonyl (C=O) groups excluding carboxylic acids is 1. The molecule has 154 valence electrons. The molecule has 2 aliphatic heterocycles. The van der Waals surface area contributed by atoms with Crippen LogP contribution in [0.15, 0.2) is 29.6 Å². The molecule has 3 heterocycles. The first-order valence-corrected chi connectivity index (χ1v) is 10.8. The van der Waals surface area contributed by atoms with Crippen LogP contribution in [0.3, 0.4) is 0 Å². The van der Waals surface area contributed by atoms with E-state index in [9.17, 15) is 14.7 Å². The van der Waals surface area contributed by atoms with Crippen molar-refractivity contribution in [1.29, 1.82) is 0 Å². The molecule has 1 N–H and O–H groups in total. The molecule has 0 aliphatic carbocycles. The van der Waals surface area contributed by atoms with E-state index >= 15 is 0 Å². The number of nitrogens with zero attached hydrogens (tertiary/aromatic N) is 3. The fourth-order valence-corrected chi connectivity index (χ4v) is 4.74. The maximum absolute atomic E-state index is 12.6. The third-order valence-corrected chi connectivity index (χ3v) is 6.37. The second-order valence-corrected chi connectivity index (χ2v) is 8.35. The standard InChI is InChI=1S/C21H25N3O4S/c25-19(24-6-2-5-18(24)21(26)27)12-17-14-29-20(22-17)16-4-1-3-15(11-16)13-23-7-9-28-10-8-23/h1,3-4,11,14,18H,2,5-10,12-13H2,(H,26,27). The van der Waals surface area contributed by atoms with Gasteiger partial charge in [-0.1, -0.05) is 18.2 Å². The highest BCUT2D eigenvalue weighted by Gasteiger charge is 2.33. The van der Waals surface area contributed by atoms with Gasteiger partial charge in [0, 0.05) is 37.1 Å². The molecule has 2 saturated heterocycles. The lowest BCUT2D eigenvalue weighted by atomic mass is 10.1. The first kappa shape index (κ1) is 20.0. The zero-order valence-corrected chi connectivity index (χ0v) is 17.1. The number of hydrogen-bond donors (Lipinski definition) is 1. The van der Waals surface area contributed by atoms with Crippen molar-refractivity contribution < 1.29 is 19.4 Å². The van der Waals surface area contributed by atoms with E-state index in [0.29, 0.717) is 18.7 Å². The van der Waals surface area contributed by atoms with Gasteiger partial charge in [-0.2, -0.15) is 0 Å². The molecule has 2 fully saturated rings. The fourth-order valence-electron chi connectivity index (χ4n) is 3.92. The number of morpholine rings is 1. The van der Waals surface area contributed by atoms with E-state index in [1.807, 2.05) is 17.5 Å². The summed E-state index contributed by atoms with van der Waals surface area (Å²) in [4.78, 5) is 32.4. The molecule has 0 bridgehead atoms. The molecule has 2 aliphatic rings. The molecule has 0 spiro atoms. The smallest absolute Gasteiger partial charge is 0.326 e. The number of thiazole rings is 1. The molecule has 1 aromatic carbocycles. The van der Waals surface area contributed by atoms with Gasteiger partial charge in [-0.15, -0.1) is 11.3 Å². The highest BCUT2D eigenvalue weighted by Crippen LogP contribution is 2.26. The SMILES string of the molecule is O=C(O)C1CCCN1C(=O)Cc1csc(-c2cccc(CN3CCOCC3)c2)n1. The zero-order chi connectivity index (χ0) is 20.2. The minimum atomic E-state index is -0.924. The number of hydrogen-bond acceptors (Lipinski definition) is 6. The van der Waals surface area contributed by atoms with Crippen molar-refractivity contribution in [3.63, 3.8) is 0 Å². The molecule has 1 aromatic heterocycles. The monoisotopic (exact) mass is 415 g/mol. The molecule has 1 atom stereocenters. The van der Waals surface area contributed by atoms with Crippen LogP contribution in [0.4, 0.5) is 0 Å². The molecule has 1 unspecified atom stereocenters. The summed E-state index contributed by atoms with van der Waals surface area (Å²) >= 11 is 1.52. The van der Waals surface area contributed by atoms with Gasteiger partial charge in [-0.3, -0.25) is 9.69 Å². The largest absolute Gasteiger partial charge is 0.480 e. The predicted octanol–water partition coefficient (Wildman–Crippen LogP) is 2.26. The van der Waals surface area contributed by atoms with Gasteiger partial charge in [0.25, 0.3) is 0 Å². The van der Waals surface area contributed by atoms with Crippen molar-refractivity contribution in [1.82, 2.24) is 14.8 Å². The van der Waals surface area contributed by atoms with Gasteiger partial charge in [0.05, 0.1) is 25.3 Å². The van der Waals surface area contributed by atoms with E-state index in [1.54, 1.807) is 0 Å². The van der Waals surface area contributed by atoms with Gasteiger partial charge in [0.2, 0.25) is 5.91 Å². The number of ether oxygens (including phenoxy) is 1. The van der Waals surface area contributed by atoms with E-state index in [0.717, 1.165) is 49.8 Å². The van der Waals surface area contributed by atoms with E-state index in [2.05, 4.69) is 22.0 Å². The van der Waals surface area contributed by atoms with Crippen LogP contribution in [0.2, 0.25) is 0 Å². The average Bonchev–Trinajstić information content (AvgIpc) is 3.39. The molecule has 7 nitrogen and oxygen atoms in total. The highest BCUT2D eigenvalue weighted by atomic mass is 32.1. The molecule has 2 aromatic rings. The Morgan fingerprint density at radius 2 is 2.07 bits per heavy atom. The highest BCUT2D eigenvalue weighted by molar-refractivity contribution is 7.13. The second-order valence-electron chi connectivity index (χ2n) is 7.49. The van der Waals surface area contributed by atoms with Gasteiger partial charge < -0.3 is 14.7 Å². The van der Waals surface area contributed by atoms with Gasteiger partial charge in [0.15, 0.2) is 0 Å². The predicted molar refractivity (Wildman–Crippen MR) is 110 cm³/mol. The molecular formula is C21H25N3O4S. The van der Waals surface area contributed by atoms with Crippen LogP contribution >= 0.6 is 11.3 Å². The fraction of sp³-hybridized carbons (Fsp3) is 0.476. The maximum atomic E-state index is 12.6. The first-order valence-electron chi connectivity index (χ1n) is 9.96. The normalized spacial score (nSPS) is 20.1. The van der Waals surface area contributed by atoms with Gasteiger partial charge in [0.1, 0.15) is 11.0 Å². The summed E-state index contributed by atoms with van der Waals surface area (Å²) in [7, 11) is 0. The minimum Gasteiger partial charge on any atom is -0.480 e. The summed E-state index contributed by atoms with van der Waals surface area (Å²) in [6, 6.07) is 7.65. The summed E-state index contributed by atoms with van der Waals surface area (Å²) in [5.74, 6) is -1.08. The van der Waals surface area contributed by atoms with Crippen LogP contribution in [0.25, 0.3) is 10.6 Å². The number of aromatic nitrogens is 1. The van der Waals surface area contributed by atoms with E-state index in [4.69, 9.17) is 4.74 Å². The summed E-state index contributed by atoms with van der Waals surface area (Å²) < 4.78 is 5.41. The Labute approximate surface area is 173 Å². The van der Waals surface area contributed by atoms with E-state index in [-0.39, 0.29) is 12.3 Å². The van der Waals surface area contributed by atoms with Gasteiger partial charge in [-0.25, -0.2) is 9.78 Å². The Morgan fingerprint density at radius 3 is 2.86 bits per heavy atom. The van der Waals surface area contributed by atoms with Crippen LogP contribution in [0.1, 0.15) is 24.1 Å². The summed E-state index contributed by atoms with van der Waals surface area (Å²) in [6.45, 7) is 4.85. The number of carboxylic acid groups (broad SMARTS) is 1. The molecule has 0 radical (unpaired) electrons. The lowest BCUT2D eigenvalue weighted by Crippen LogP contribution is -2.41. The lowest BCUT2D eigenvalue weighted by Gasteiger charge is -2.26. The number of amides is 1. The van der Waals surface area contributed by atoms with Crippen molar-refractivity contribution in [2.24, 2.45) is 0 Å². The third-order valence-electron chi connectivity index (χ3n) is 5.43. The quantitative estimate of drug-likeness (QED) is 0.779. The maximum Gasteiger partial charge on any atom is 0.326 e. The van der Waals surface area contributed by atoms with Gasteiger partial charge in [-0.05, 0) is 24.5 Å². The van der Waals surface area contributed by atoms with Crippen LogP contribution < -0.4 is 0 Å². The number of benzene rings is 1. The van der Waals surface area contributed by atoms with Crippen LogP contribution in [-0.2, 0) is 27.3 Å². The number of rotatable bonds is 6. The lowest BCUT2D eigenvalue weighted by molar-refractivity contribution is -0.148. The molecule has 4 rings (SSSR count). The third kappa shape index (κ3) is 4.83. The molecule has 29 heavy (non-hydrogen) atoms. The van der Waals surface area contributed by atoms with Crippen molar-refractivity contribution in [3.05, 3.63) is 40.9 Å². The van der Waals surface area contributed by atoms with Crippen LogP contribution in [0.5, 0.6) is 0 Å². The van der Waals surface area contributed by atoms with Gasteiger partial charge >= 0.3 is 5.97 Å². The summed E-state index contributed by atoms with van der Waals surface area (Å²) in [5, 5.41) is 12.1. The first-order chi connectivity index (χ1) is 14.1. The Bertz CT molecular complexity index is 878. The molecule has 8 heteroatoms. The van der Waals surface area contributed by atoms with Crippen molar-refractivity contribution in [2.75, 3.05) is 32.8 Å².